The molecule has 0 aliphatic rings. The summed E-state index contributed by atoms with van der Waals surface area (Å²) >= 11 is 0. The van der Waals surface area contributed by atoms with Crippen molar-refractivity contribution in [2.45, 2.75) is 48.8 Å². The maximum Gasteiger partial charge on any atom is 0.460 e. The molecule has 1 N–H and O–H groups in total. The number of nitrogens with zero attached hydrogens (tertiary/aromatic N) is 1. The number of nitriles is 1. The summed E-state index contributed by atoms with van der Waals surface area (Å²) in [7, 11) is 0. The second-order valence-corrected chi connectivity index (χ2v) is 6.07. The first-order chi connectivity index (χ1) is 12.2. The third kappa shape index (κ3) is 3.74. The zero-order valence-electron chi connectivity index (χ0n) is 13.6. The molecule has 0 saturated carbocycles. The Morgan fingerprint density at radius 1 is 0.857 bits per heavy atom. The third-order valence-electron chi connectivity index (χ3n) is 3.78. The fraction of sp³-hybridized carbons (Fsp3) is 0.533. The number of benzene rings is 1. The van der Waals surface area contributed by atoms with Gasteiger partial charge < -0.3 is 5.11 Å². The summed E-state index contributed by atoms with van der Waals surface area (Å²) in [6.45, 7) is 0.410. The lowest BCUT2D eigenvalue weighted by Crippen LogP contribution is -2.67. The summed E-state index contributed by atoms with van der Waals surface area (Å²) in [5.74, 6) is -28.4. The lowest BCUT2D eigenvalue weighted by molar-refractivity contribution is -0.424. The number of hydrogen-bond acceptors (Lipinski definition) is 2. The lowest BCUT2D eigenvalue weighted by Gasteiger charge is -2.39. The minimum Gasteiger partial charge on any atom is -0.385 e. The Hall–Kier alpha value is -2.10. The third-order valence-corrected chi connectivity index (χ3v) is 3.78. The predicted octanol–water partition coefficient (Wildman–Crippen LogP) is 5.26. The van der Waals surface area contributed by atoms with Gasteiger partial charge in [0.05, 0.1) is 23.7 Å². The number of halogens is 11. The van der Waals surface area contributed by atoms with Crippen molar-refractivity contribution in [1.29, 1.82) is 5.26 Å². The second-order valence-electron chi connectivity index (χ2n) is 6.07. The standard InChI is InChI=1S/C15H10F11NO/c1-10(28,9-4-2-3-8(5-9)6-27)7-11(16,17)12(18,19)13(20,21)14(22,23)15(24,25)26/h2-5,28H,7H2,1H3. The Morgan fingerprint density at radius 2 is 1.36 bits per heavy atom. The van der Waals surface area contributed by atoms with Crippen molar-refractivity contribution in [3.05, 3.63) is 35.4 Å². The average Bonchev–Trinajstić information content (AvgIpc) is 2.52. The van der Waals surface area contributed by atoms with Crippen LogP contribution in [0.4, 0.5) is 48.3 Å². The maximum absolute atomic E-state index is 13.8. The van der Waals surface area contributed by atoms with Crippen molar-refractivity contribution in [2.75, 3.05) is 0 Å². The van der Waals surface area contributed by atoms with Gasteiger partial charge in [0.15, 0.2) is 0 Å². The summed E-state index contributed by atoms with van der Waals surface area (Å²) in [5, 5.41) is 18.6. The maximum atomic E-state index is 13.8. The molecule has 1 rings (SSSR count). The zero-order chi connectivity index (χ0) is 22.4. The molecule has 0 aliphatic carbocycles. The summed E-state index contributed by atoms with van der Waals surface area (Å²) in [6, 6.07) is 5.16. The number of alkyl halides is 11. The van der Waals surface area contributed by atoms with Gasteiger partial charge in [-0.15, -0.1) is 0 Å². The van der Waals surface area contributed by atoms with Gasteiger partial charge >= 0.3 is 29.9 Å². The van der Waals surface area contributed by atoms with Gasteiger partial charge in [-0.25, -0.2) is 0 Å². The summed E-state index contributed by atoms with van der Waals surface area (Å²) < 4.78 is 143. The molecule has 0 aliphatic heterocycles. The average molecular weight is 429 g/mol. The highest BCUT2D eigenvalue weighted by molar-refractivity contribution is 5.35. The van der Waals surface area contributed by atoms with E-state index in [0.717, 1.165) is 24.3 Å². The molecule has 0 spiro atoms. The molecule has 1 atom stereocenters. The first kappa shape index (κ1) is 23.9. The van der Waals surface area contributed by atoms with E-state index in [-0.39, 0.29) is 5.56 Å². The quantitative estimate of drug-likeness (QED) is 0.628. The highest BCUT2D eigenvalue weighted by atomic mass is 19.4. The minimum atomic E-state index is -7.54. The van der Waals surface area contributed by atoms with Crippen LogP contribution in [0.3, 0.4) is 0 Å². The first-order valence-corrected chi connectivity index (χ1v) is 7.05. The van der Waals surface area contributed by atoms with Crippen molar-refractivity contribution >= 4 is 0 Å². The highest BCUT2D eigenvalue weighted by Gasteiger charge is 2.87. The Labute approximate surface area is 150 Å². The second kappa shape index (κ2) is 6.75. The molecule has 0 heterocycles. The first-order valence-electron chi connectivity index (χ1n) is 7.05. The molecule has 13 heteroatoms. The lowest BCUT2D eigenvalue weighted by atomic mass is 9.84. The van der Waals surface area contributed by atoms with Crippen LogP contribution in [0.1, 0.15) is 24.5 Å². The zero-order valence-corrected chi connectivity index (χ0v) is 13.6. The van der Waals surface area contributed by atoms with Gasteiger partial charge in [-0.1, -0.05) is 12.1 Å². The van der Waals surface area contributed by atoms with E-state index in [4.69, 9.17) is 5.26 Å². The van der Waals surface area contributed by atoms with E-state index in [0.29, 0.717) is 6.92 Å². The van der Waals surface area contributed by atoms with Crippen molar-refractivity contribution in [3.8, 4) is 6.07 Å². The fourth-order valence-electron chi connectivity index (χ4n) is 2.17. The molecule has 0 amide bonds. The van der Waals surface area contributed by atoms with E-state index in [9.17, 15) is 53.4 Å². The molecular weight excluding hydrogens is 419 g/mol. The topological polar surface area (TPSA) is 44.0 Å². The summed E-state index contributed by atoms with van der Waals surface area (Å²) in [4.78, 5) is 0. The Bertz CT molecular complexity index is 762. The van der Waals surface area contributed by atoms with Gasteiger partial charge in [0, 0.05) is 0 Å². The van der Waals surface area contributed by atoms with Gasteiger partial charge in [0.25, 0.3) is 0 Å². The van der Waals surface area contributed by atoms with Crippen LogP contribution in [0.5, 0.6) is 0 Å². The van der Waals surface area contributed by atoms with Crippen LogP contribution in [0.15, 0.2) is 24.3 Å². The van der Waals surface area contributed by atoms with Gasteiger partial charge in [0.1, 0.15) is 0 Å². The van der Waals surface area contributed by atoms with Crippen LogP contribution in [-0.2, 0) is 5.60 Å². The van der Waals surface area contributed by atoms with Crippen LogP contribution < -0.4 is 0 Å². The molecule has 0 bridgehead atoms. The minimum absolute atomic E-state index is 0.262. The van der Waals surface area contributed by atoms with E-state index >= 15 is 0 Å². The van der Waals surface area contributed by atoms with Crippen LogP contribution in [0.25, 0.3) is 0 Å². The molecular formula is C15H10F11NO. The monoisotopic (exact) mass is 429 g/mol. The molecule has 1 aromatic carbocycles. The molecule has 2 nitrogen and oxygen atoms in total. The summed E-state index contributed by atoms with van der Waals surface area (Å²) in [5.41, 5.74) is -4.02. The molecule has 0 fully saturated rings. The van der Waals surface area contributed by atoms with Gasteiger partial charge in [-0.05, 0) is 24.6 Å². The van der Waals surface area contributed by atoms with Crippen molar-refractivity contribution < 1.29 is 53.4 Å². The SMILES string of the molecule is CC(O)(CC(F)(F)C(F)(F)C(F)(F)C(F)(F)C(F)(F)F)c1cccc(C#N)c1. The smallest absolute Gasteiger partial charge is 0.385 e. The number of rotatable bonds is 6. The van der Waals surface area contributed by atoms with Crippen molar-refractivity contribution in [3.63, 3.8) is 0 Å². The van der Waals surface area contributed by atoms with Crippen molar-refractivity contribution in [1.82, 2.24) is 0 Å². The molecule has 1 unspecified atom stereocenters. The number of hydrogen-bond donors (Lipinski definition) is 1. The Balaban J connectivity index is 3.38. The van der Waals surface area contributed by atoms with Crippen LogP contribution >= 0.6 is 0 Å². The Kier molecular flexibility index (Phi) is 5.77. The molecule has 0 radical (unpaired) electrons. The normalized spacial score (nSPS) is 16.4. The molecule has 28 heavy (non-hydrogen) atoms. The van der Waals surface area contributed by atoms with E-state index < -0.39 is 47.5 Å². The fourth-order valence-corrected chi connectivity index (χ4v) is 2.17. The van der Waals surface area contributed by atoms with E-state index in [2.05, 4.69) is 0 Å². The van der Waals surface area contributed by atoms with Gasteiger partial charge in [-0.2, -0.15) is 53.6 Å². The van der Waals surface area contributed by atoms with Crippen LogP contribution in [0.2, 0.25) is 0 Å². The van der Waals surface area contributed by atoms with Crippen LogP contribution in [0, 0.1) is 11.3 Å². The molecule has 1 aromatic rings. The predicted molar refractivity (Wildman–Crippen MR) is 71.2 cm³/mol. The molecule has 158 valence electrons. The Morgan fingerprint density at radius 3 is 1.79 bits per heavy atom. The molecule has 0 saturated heterocycles. The summed E-state index contributed by atoms with van der Waals surface area (Å²) in [6.07, 6.45) is -9.90. The number of aliphatic hydroxyl groups is 1. The van der Waals surface area contributed by atoms with Crippen molar-refractivity contribution in [2.24, 2.45) is 0 Å². The van der Waals surface area contributed by atoms with Gasteiger partial charge in [-0.3, -0.25) is 0 Å². The highest BCUT2D eigenvalue weighted by Crippen LogP contribution is 2.59. The van der Waals surface area contributed by atoms with Crippen LogP contribution in [-0.4, -0.2) is 35.0 Å². The van der Waals surface area contributed by atoms with Gasteiger partial charge in [0.2, 0.25) is 0 Å². The van der Waals surface area contributed by atoms with E-state index in [1.54, 1.807) is 0 Å². The van der Waals surface area contributed by atoms with E-state index in [1.165, 1.54) is 6.07 Å². The van der Waals surface area contributed by atoms with E-state index in [1.807, 2.05) is 0 Å². The largest absolute Gasteiger partial charge is 0.460 e. The molecule has 0 aromatic heterocycles.